The van der Waals surface area contributed by atoms with Crippen molar-refractivity contribution in [1.82, 2.24) is 5.32 Å². The van der Waals surface area contributed by atoms with Crippen LogP contribution in [0, 0.1) is 0 Å². The molecular formula is C17H28N2. The number of anilines is 1. The molecule has 106 valence electrons. The van der Waals surface area contributed by atoms with Gasteiger partial charge in [0.15, 0.2) is 0 Å². The Balaban J connectivity index is 2.06. The normalized spacial score (nSPS) is 23.3. The first-order valence-corrected chi connectivity index (χ1v) is 7.51. The third kappa shape index (κ3) is 3.30. The second kappa shape index (κ2) is 5.54. The van der Waals surface area contributed by atoms with Crippen molar-refractivity contribution in [2.45, 2.75) is 58.0 Å². The lowest BCUT2D eigenvalue weighted by Crippen LogP contribution is -2.33. The number of nitrogens with one attached hydrogen (secondary N) is 1. The molecule has 0 aliphatic carbocycles. The number of nitrogens with zero attached hydrogens (tertiary/aromatic N) is 1. The highest BCUT2D eigenvalue weighted by atomic mass is 15.2. The molecule has 2 atom stereocenters. The van der Waals surface area contributed by atoms with E-state index in [-0.39, 0.29) is 5.54 Å². The molecule has 2 nitrogen and oxygen atoms in total. The monoisotopic (exact) mass is 260 g/mol. The van der Waals surface area contributed by atoms with Gasteiger partial charge in [-0.1, -0.05) is 26.0 Å². The van der Waals surface area contributed by atoms with Crippen molar-refractivity contribution in [2.24, 2.45) is 0 Å². The van der Waals surface area contributed by atoms with E-state index < -0.39 is 0 Å². The van der Waals surface area contributed by atoms with E-state index in [1.165, 1.54) is 24.1 Å². The van der Waals surface area contributed by atoms with Crippen molar-refractivity contribution in [2.75, 3.05) is 18.5 Å². The molecule has 1 aliphatic rings. The number of rotatable bonds is 4. The van der Waals surface area contributed by atoms with E-state index >= 15 is 0 Å². The second-order valence-corrected chi connectivity index (χ2v) is 6.63. The summed E-state index contributed by atoms with van der Waals surface area (Å²) in [7, 11) is 2.21. The minimum Gasteiger partial charge on any atom is -0.370 e. The minimum absolute atomic E-state index is 0.273. The Bertz CT molecular complexity index is 408. The zero-order chi connectivity index (χ0) is 14.0. The molecule has 2 rings (SSSR count). The van der Waals surface area contributed by atoms with Gasteiger partial charge in [0.05, 0.1) is 0 Å². The molecule has 0 saturated carbocycles. The highest BCUT2D eigenvalue weighted by Crippen LogP contribution is 2.27. The van der Waals surface area contributed by atoms with Crippen molar-refractivity contribution in [3.8, 4) is 0 Å². The molecule has 0 amide bonds. The van der Waals surface area contributed by atoms with Gasteiger partial charge >= 0.3 is 0 Å². The van der Waals surface area contributed by atoms with Crippen molar-refractivity contribution >= 4 is 5.69 Å². The molecule has 0 spiro atoms. The van der Waals surface area contributed by atoms with Gasteiger partial charge in [-0.3, -0.25) is 0 Å². The summed E-state index contributed by atoms with van der Waals surface area (Å²) < 4.78 is 0. The van der Waals surface area contributed by atoms with Crippen LogP contribution in [0.15, 0.2) is 24.3 Å². The van der Waals surface area contributed by atoms with Gasteiger partial charge in [-0.05, 0) is 50.3 Å². The van der Waals surface area contributed by atoms with E-state index in [4.69, 9.17) is 0 Å². The van der Waals surface area contributed by atoms with Crippen LogP contribution < -0.4 is 10.2 Å². The quantitative estimate of drug-likeness (QED) is 0.886. The van der Waals surface area contributed by atoms with Crippen LogP contribution in [0.2, 0.25) is 0 Å². The molecule has 1 aromatic carbocycles. The molecule has 1 saturated heterocycles. The number of likely N-dealkylation sites (N-methyl/N-ethyl adjacent to an activating group) is 1. The Labute approximate surface area is 118 Å². The molecule has 0 aromatic heterocycles. The van der Waals surface area contributed by atoms with Gasteiger partial charge in [0.25, 0.3) is 0 Å². The molecule has 0 radical (unpaired) electrons. The Morgan fingerprint density at radius 3 is 2.42 bits per heavy atom. The topological polar surface area (TPSA) is 15.3 Å². The van der Waals surface area contributed by atoms with Crippen molar-refractivity contribution in [3.63, 3.8) is 0 Å². The van der Waals surface area contributed by atoms with Crippen LogP contribution in [-0.2, 0) is 0 Å². The van der Waals surface area contributed by atoms with E-state index in [9.17, 15) is 0 Å². The van der Waals surface area contributed by atoms with Crippen LogP contribution in [0.1, 0.15) is 52.0 Å². The summed E-state index contributed by atoms with van der Waals surface area (Å²) in [5.74, 6) is 0.659. The highest BCUT2D eigenvalue weighted by molar-refractivity contribution is 5.48. The number of hydrogen-bond acceptors (Lipinski definition) is 2. The van der Waals surface area contributed by atoms with Gasteiger partial charge in [0, 0.05) is 30.9 Å². The smallest absolute Gasteiger partial charge is 0.0428 e. The summed E-state index contributed by atoms with van der Waals surface area (Å²) in [6, 6.07) is 9.71. The molecule has 2 heteroatoms. The molecule has 1 aromatic rings. The van der Waals surface area contributed by atoms with Crippen molar-refractivity contribution in [3.05, 3.63) is 29.8 Å². The Hall–Kier alpha value is -1.02. The maximum Gasteiger partial charge on any atom is 0.0428 e. The molecule has 1 aliphatic heterocycles. The maximum absolute atomic E-state index is 3.59. The lowest BCUT2D eigenvalue weighted by atomic mass is 9.98. The van der Waals surface area contributed by atoms with Crippen LogP contribution in [-0.4, -0.2) is 25.2 Å². The average Bonchev–Trinajstić information content (AvgIpc) is 2.77. The fourth-order valence-electron chi connectivity index (χ4n) is 2.89. The Morgan fingerprint density at radius 2 is 1.95 bits per heavy atom. The Kier molecular flexibility index (Phi) is 4.19. The van der Waals surface area contributed by atoms with Gasteiger partial charge in [-0.25, -0.2) is 0 Å². The predicted octanol–water partition coefficient (Wildman–Crippen LogP) is 3.78. The summed E-state index contributed by atoms with van der Waals surface area (Å²) in [4.78, 5) is 2.42. The third-order valence-corrected chi connectivity index (χ3v) is 4.59. The summed E-state index contributed by atoms with van der Waals surface area (Å²) in [5, 5.41) is 3.59. The predicted molar refractivity (Wildman–Crippen MR) is 84.0 cm³/mol. The Morgan fingerprint density at radius 1 is 1.32 bits per heavy atom. The molecule has 1 N–H and O–H groups in total. The molecule has 19 heavy (non-hydrogen) atoms. The molecule has 2 unspecified atom stereocenters. The lowest BCUT2D eigenvalue weighted by Gasteiger charge is -2.27. The zero-order valence-corrected chi connectivity index (χ0v) is 13.0. The van der Waals surface area contributed by atoms with Crippen molar-refractivity contribution < 1.29 is 0 Å². The minimum atomic E-state index is 0.273. The first kappa shape index (κ1) is 14.4. The fourth-order valence-corrected chi connectivity index (χ4v) is 2.89. The van der Waals surface area contributed by atoms with E-state index in [1.54, 1.807) is 0 Å². The first-order valence-electron chi connectivity index (χ1n) is 7.51. The summed E-state index contributed by atoms with van der Waals surface area (Å²) in [6.45, 7) is 10.2. The average molecular weight is 260 g/mol. The van der Waals surface area contributed by atoms with Gasteiger partial charge in [-0.15, -0.1) is 0 Å². The number of hydrogen-bond donors (Lipinski definition) is 1. The summed E-state index contributed by atoms with van der Waals surface area (Å²) in [5.41, 5.74) is 3.05. The lowest BCUT2D eigenvalue weighted by molar-refractivity contribution is 0.454. The molecule has 1 heterocycles. The summed E-state index contributed by atoms with van der Waals surface area (Å²) >= 11 is 0. The van der Waals surface area contributed by atoms with Crippen LogP contribution in [0.3, 0.4) is 0 Å². The van der Waals surface area contributed by atoms with E-state index in [0.717, 1.165) is 6.54 Å². The SMILES string of the molecule is CCC(C)c1ccc(N(C)C2CNC(C)(C)C2)cc1. The highest BCUT2D eigenvalue weighted by Gasteiger charge is 2.32. The molecular weight excluding hydrogens is 232 g/mol. The van der Waals surface area contributed by atoms with Gasteiger partial charge < -0.3 is 10.2 Å². The fraction of sp³-hybridized carbons (Fsp3) is 0.647. The van der Waals surface area contributed by atoms with Crippen LogP contribution >= 0.6 is 0 Å². The third-order valence-electron chi connectivity index (χ3n) is 4.59. The van der Waals surface area contributed by atoms with Crippen LogP contribution in [0.4, 0.5) is 5.69 Å². The van der Waals surface area contributed by atoms with Gasteiger partial charge in [0.2, 0.25) is 0 Å². The van der Waals surface area contributed by atoms with Crippen LogP contribution in [0.5, 0.6) is 0 Å². The van der Waals surface area contributed by atoms with E-state index in [0.29, 0.717) is 12.0 Å². The molecule has 1 fully saturated rings. The second-order valence-electron chi connectivity index (χ2n) is 6.63. The standard InChI is InChI=1S/C17H28N2/c1-6-13(2)14-7-9-15(10-8-14)19(5)16-11-17(3,4)18-12-16/h7-10,13,16,18H,6,11-12H2,1-5H3. The van der Waals surface area contributed by atoms with Gasteiger partial charge in [0.1, 0.15) is 0 Å². The maximum atomic E-state index is 3.59. The molecule has 0 bridgehead atoms. The first-order chi connectivity index (χ1) is 8.93. The van der Waals surface area contributed by atoms with E-state index in [2.05, 4.69) is 69.2 Å². The zero-order valence-electron chi connectivity index (χ0n) is 13.0. The largest absolute Gasteiger partial charge is 0.370 e. The number of benzene rings is 1. The van der Waals surface area contributed by atoms with Gasteiger partial charge in [-0.2, -0.15) is 0 Å². The van der Waals surface area contributed by atoms with Crippen molar-refractivity contribution in [1.29, 1.82) is 0 Å². The van der Waals surface area contributed by atoms with E-state index in [1.807, 2.05) is 0 Å². The summed E-state index contributed by atoms with van der Waals surface area (Å²) in [6.07, 6.45) is 2.41. The van der Waals surface area contributed by atoms with Crippen LogP contribution in [0.25, 0.3) is 0 Å².